The molecule has 0 amide bonds. The molecule has 0 aliphatic heterocycles. The molecule has 1 N–H and O–H groups in total. The average molecular weight is 315 g/mol. The van der Waals surface area contributed by atoms with Crippen molar-refractivity contribution in [3.05, 3.63) is 54.0 Å². The number of furan rings is 1. The first-order chi connectivity index (χ1) is 11.2. The Kier molecular flexibility index (Phi) is 6.54. The van der Waals surface area contributed by atoms with Gasteiger partial charge in [-0.25, -0.2) is 4.99 Å². The van der Waals surface area contributed by atoms with Crippen molar-refractivity contribution < 1.29 is 9.15 Å². The predicted octanol–water partition coefficient (Wildman–Crippen LogP) is 3.28. The van der Waals surface area contributed by atoms with E-state index >= 15 is 0 Å². The summed E-state index contributed by atoms with van der Waals surface area (Å²) < 4.78 is 10.8. The molecule has 0 fully saturated rings. The highest BCUT2D eigenvalue weighted by Crippen LogP contribution is 2.13. The zero-order valence-electron chi connectivity index (χ0n) is 14.1. The normalized spacial score (nSPS) is 11.3. The summed E-state index contributed by atoms with van der Waals surface area (Å²) >= 11 is 0. The number of nitrogens with zero attached hydrogens (tertiary/aromatic N) is 2. The van der Waals surface area contributed by atoms with E-state index in [4.69, 9.17) is 9.15 Å². The summed E-state index contributed by atoms with van der Waals surface area (Å²) in [6.07, 6.45) is 1.67. The van der Waals surface area contributed by atoms with Crippen LogP contribution in [0.5, 0.6) is 5.75 Å². The van der Waals surface area contributed by atoms with Crippen molar-refractivity contribution in [3.8, 4) is 5.75 Å². The van der Waals surface area contributed by atoms with Crippen LogP contribution in [0, 0.1) is 0 Å². The van der Waals surface area contributed by atoms with Crippen LogP contribution in [-0.4, -0.2) is 31.1 Å². The van der Waals surface area contributed by atoms with Gasteiger partial charge in [-0.3, -0.25) is 0 Å². The van der Waals surface area contributed by atoms with Gasteiger partial charge in [0.15, 0.2) is 5.96 Å². The van der Waals surface area contributed by atoms with Gasteiger partial charge in [-0.15, -0.1) is 0 Å². The summed E-state index contributed by atoms with van der Waals surface area (Å²) in [6, 6.07) is 12.0. The van der Waals surface area contributed by atoms with Gasteiger partial charge < -0.3 is 19.4 Å². The molecular formula is C18H25N3O2. The van der Waals surface area contributed by atoms with Gasteiger partial charge in [0.2, 0.25) is 0 Å². The molecule has 1 aromatic carbocycles. The number of ether oxygens (including phenoxy) is 1. The Labute approximate surface area is 138 Å². The van der Waals surface area contributed by atoms with Crippen molar-refractivity contribution in [2.75, 3.05) is 20.2 Å². The molecule has 23 heavy (non-hydrogen) atoms. The van der Waals surface area contributed by atoms with Crippen LogP contribution in [0.1, 0.15) is 25.2 Å². The van der Waals surface area contributed by atoms with Crippen LogP contribution in [0.3, 0.4) is 0 Å². The van der Waals surface area contributed by atoms with E-state index in [9.17, 15) is 0 Å². The van der Waals surface area contributed by atoms with Gasteiger partial charge in [-0.05, 0) is 43.7 Å². The molecule has 0 spiro atoms. The summed E-state index contributed by atoms with van der Waals surface area (Å²) in [5, 5.41) is 3.31. The predicted molar refractivity (Wildman–Crippen MR) is 92.6 cm³/mol. The van der Waals surface area contributed by atoms with E-state index < -0.39 is 0 Å². The van der Waals surface area contributed by atoms with Crippen LogP contribution >= 0.6 is 0 Å². The Hall–Kier alpha value is -2.43. The third kappa shape index (κ3) is 5.36. The lowest BCUT2D eigenvalue weighted by molar-refractivity contribution is 0.340. The fourth-order valence-electron chi connectivity index (χ4n) is 2.23. The Balaban J connectivity index is 1.99. The molecule has 0 saturated carbocycles. The van der Waals surface area contributed by atoms with Crippen LogP contribution in [0.25, 0.3) is 0 Å². The van der Waals surface area contributed by atoms with Gasteiger partial charge in [0.1, 0.15) is 18.1 Å². The van der Waals surface area contributed by atoms with Gasteiger partial charge in [-0.2, -0.15) is 0 Å². The lowest BCUT2D eigenvalue weighted by atomic mass is 10.2. The number of hydrogen-bond donors (Lipinski definition) is 1. The van der Waals surface area contributed by atoms with E-state index in [0.717, 1.165) is 30.6 Å². The van der Waals surface area contributed by atoms with Gasteiger partial charge in [0.05, 0.1) is 12.9 Å². The van der Waals surface area contributed by atoms with Gasteiger partial charge >= 0.3 is 0 Å². The van der Waals surface area contributed by atoms with Crippen LogP contribution in [0.2, 0.25) is 0 Å². The number of nitrogens with one attached hydrogen (secondary N) is 1. The van der Waals surface area contributed by atoms with E-state index in [1.54, 1.807) is 6.26 Å². The third-order valence-corrected chi connectivity index (χ3v) is 3.32. The molecule has 5 nitrogen and oxygen atoms in total. The van der Waals surface area contributed by atoms with Crippen molar-refractivity contribution >= 4 is 5.96 Å². The number of benzene rings is 1. The fourth-order valence-corrected chi connectivity index (χ4v) is 2.23. The average Bonchev–Trinajstić information content (AvgIpc) is 3.07. The molecule has 0 aliphatic carbocycles. The fraction of sp³-hybridized carbons (Fsp3) is 0.389. The molecule has 1 heterocycles. The highest BCUT2D eigenvalue weighted by atomic mass is 16.5. The highest BCUT2D eigenvalue weighted by Gasteiger charge is 2.07. The van der Waals surface area contributed by atoms with Crippen LogP contribution in [0.4, 0.5) is 0 Å². The quantitative estimate of drug-likeness (QED) is 0.629. The zero-order chi connectivity index (χ0) is 16.5. The molecule has 0 saturated heterocycles. The van der Waals surface area contributed by atoms with Crippen LogP contribution in [-0.2, 0) is 13.1 Å². The van der Waals surface area contributed by atoms with Crippen molar-refractivity contribution in [1.82, 2.24) is 10.2 Å². The second kappa shape index (κ2) is 8.88. The Morgan fingerprint density at radius 2 is 2.00 bits per heavy atom. The van der Waals surface area contributed by atoms with Crippen molar-refractivity contribution in [3.63, 3.8) is 0 Å². The smallest absolute Gasteiger partial charge is 0.194 e. The van der Waals surface area contributed by atoms with E-state index in [1.165, 1.54) is 5.56 Å². The lowest BCUT2D eigenvalue weighted by Crippen LogP contribution is -2.38. The molecule has 1 aromatic heterocycles. The monoisotopic (exact) mass is 315 g/mol. The minimum absolute atomic E-state index is 0.531. The third-order valence-electron chi connectivity index (χ3n) is 3.32. The highest BCUT2D eigenvalue weighted by molar-refractivity contribution is 5.79. The maximum atomic E-state index is 5.47. The van der Waals surface area contributed by atoms with Gasteiger partial charge in [0, 0.05) is 20.1 Å². The van der Waals surface area contributed by atoms with E-state index in [-0.39, 0.29) is 0 Å². The molecule has 0 unspecified atom stereocenters. The molecule has 2 rings (SSSR count). The molecule has 0 bridgehead atoms. The Morgan fingerprint density at radius 1 is 1.22 bits per heavy atom. The van der Waals surface area contributed by atoms with Crippen LogP contribution < -0.4 is 10.1 Å². The first-order valence-corrected chi connectivity index (χ1v) is 7.96. The number of hydrogen-bond acceptors (Lipinski definition) is 3. The zero-order valence-corrected chi connectivity index (χ0v) is 14.1. The molecule has 124 valence electrons. The van der Waals surface area contributed by atoms with E-state index in [1.807, 2.05) is 38.2 Å². The summed E-state index contributed by atoms with van der Waals surface area (Å²) in [4.78, 5) is 6.71. The second-order valence-corrected chi connectivity index (χ2v) is 5.18. The summed E-state index contributed by atoms with van der Waals surface area (Å²) in [5.74, 6) is 2.62. The first kappa shape index (κ1) is 16.9. The molecule has 5 heteroatoms. The molecule has 2 aromatic rings. The second-order valence-electron chi connectivity index (χ2n) is 5.18. The first-order valence-electron chi connectivity index (χ1n) is 7.96. The topological polar surface area (TPSA) is 50.0 Å². The van der Waals surface area contributed by atoms with Crippen molar-refractivity contribution in [2.45, 2.75) is 26.9 Å². The maximum Gasteiger partial charge on any atom is 0.194 e. The number of aliphatic imine (C=N–C) groups is 1. The van der Waals surface area contributed by atoms with Gasteiger partial charge in [-0.1, -0.05) is 12.1 Å². The largest absolute Gasteiger partial charge is 0.494 e. The van der Waals surface area contributed by atoms with Gasteiger partial charge in [0.25, 0.3) is 0 Å². The number of guanidine groups is 1. The number of rotatable bonds is 7. The summed E-state index contributed by atoms with van der Waals surface area (Å²) in [7, 11) is 2.03. The SMILES string of the molecule is CCNC(=NCc1ccco1)N(C)Cc1ccc(OCC)cc1. The minimum atomic E-state index is 0.531. The maximum absolute atomic E-state index is 5.47. The van der Waals surface area contributed by atoms with Crippen molar-refractivity contribution in [1.29, 1.82) is 0 Å². The standard InChI is InChI=1S/C18H25N3O2/c1-4-19-18(20-13-17-7-6-12-23-17)21(3)14-15-8-10-16(11-9-15)22-5-2/h6-12H,4-5,13-14H2,1-3H3,(H,19,20). The van der Waals surface area contributed by atoms with E-state index in [0.29, 0.717) is 13.2 Å². The van der Waals surface area contributed by atoms with E-state index in [2.05, 4.69) is 34.3 Å². The summed E-state index contributed by atoms with van der Waals surface area (Å²) in [6.45, 7) is 6.86. The molecule has 0 aliphatic rings. The molecule has 0 atom stereocenters. The summed E-state index contributed by atoms with van der Waals surface area (Å²) in [5.41, 5.74) is 1.21. The Bertz CT molecular complexity index is 591. The molecular weight excluding hydrogens is 290 g/mol. The Morgan fingerprint density at radius 3 is 2.61 bits per heavy atom. The van der Waals surface area contributed by atoms with Crippen LogP contribution in [0.15, 0.2) is 52.1 Å². The van der Waals surface area contributed by atoms with Crippen molar-refractivity contribution in [2.24, 2.45) is 4.99 Å². The molecule has 0 radical (unpaired) electrons. The lowest BCUT2D eigenvalue weighted by Gasteiger charge is -2.22. The minimum Gasteiger partial charge on any atom is -0.494 e.